The van der Waals surface area contributed by atoms with Crippen LogP contribution in [0, 0.1) is 0 Å². The van der Waals surface area contributed by atoms with Gasteiger partial charge in [-0.3, -0.25) is 4.79 Å². The fourth-order valence-electron chi connectivity index (χ4n) is 4.31. The van der Waals surface area contributed by atoms with Crippen LogP contribution in [-0.4, -0.2) is 28.3 Å². The number of ether oxygens (including phenoxy) is 1. The van der Waals surface area contributed by atoms with Crippen molar-refractivity contribution >= 4 is 33.2 Å². The Hall–Kier alpha value is -1.96. The zero-order valence-corrected chi connectivity index (χ0v) is 18.2. The van der Waals surface area contributed by atoms with Crippen molar-refractivity contribution in [3.05, 3.63) is 62.2 Å². The first-order chi connectivity index (χ1) is 14.1. The lowest BCUT2D eigenvalue weighted by Crippen LogP contribution is -2.46. The molecule has 1 atom stereocenters. The lowest BCUT2D eigenvalue weighted by atomic mass is 9.74. The molecule has 8 heteroatoms. The maximum absolute atomic E-state index is 14.2. The molecule has 1 aliphatic rings. The molecule has 30 heavy (non-hydrogen) atoms. The number of aromatic nitrogens is 1. The Morgan fingerprint density at radius 3 is 2.83 bits per heavy atom. The minimum Gasteiger partial charge on any atom is -0.493 e. The summed E-state index contributed by atoms with van der Waals surface area (Å²) in [6.07, 6.45) is -1.10. The van der Waals surface area contributed by atoms with E-state index in [2.05, 4.69) is 0 Å². The molecule has 0 fully saturated rings. The van der Waals surface area contributed by atoms with Crippen molar-refractivity contribution in [2.75, 3.05) is 6.61 Å². The molecule has 160 valence electrons. The lowest BCUT2D eigenvalue weighted by Gasteiger charge is -2.37. The minimum absolute atomic E-state index is 0.0601. The predicted octanol–water partition coefficient (Wildman–Crippen LogP) is 5.02. The van der Waals surface area contributed by atoms with Gasteiger partial charge in [0.1, 0.15) is 16.4 Å². The summed E-state index contributed by atoms with van der Waals surface area (Å²) >= 11 is 7.24. The van der Waals surface area contributed by atoms with E-state index in [0.717, 1.165) is 23.3 Å². The fraction of sp³-hybridized carbons (Fsp3) is 0.409. The van der Waals surface area contributed by atoms with Gasteiger partial charge in [0.15, 0.2) is 0 Å². The Labute approximate surface area is 181 Å². The van der Waals surface area contributed by atoms with Gasteiger partial charge in [-0.1, -0.05) is 43.6 Å². The number of aliphatic hydroxyl groups is 1. The normalized spacial score (nSPS) is 16.0. The quantitative estimate of drug-likeness (QED) is 0.570. The summed E-state index contributed by atoms with van der Waals surface area (Å²) in [4.78, 5) is 12.2. The third kappa shape index (κ3) is 3.63. The molecule has 3 aromatic rings. The van der Waals surface area contributed by atoms with Crippen molar-refractivity contribution in [2.24, 2.45) is 0 Å². The van der Waals surface area contributed by atoms with Gasteiger partial charge in [0.25, 0.3) is 6.43 Å². The Morgan fingerprint density at radius 2 is 2.10 bits per heavy atom. The number of pyridine rings is 1. The zero-order valence-electron chi connectivity index (χ0n) is 16.6. The second-order valence-corrected chi connectivity index (χ2v) is 9.75. The van der Waals surface area contributed by atoms with Gasteiger partial charge in [0.2, 0.25) is 5.43 Å². The number of fused-ring (bicyclic) bond motifs is 2. The van der Waals surface area contributed by atoms with Gasteiger partial charge >= 0.3 is 0 Å². The van der Waals surface area contributed by atoms with E-state index in [-0.39, 0.29) is 16.9 Å². The highest BCUT2D eigenvalue weighted by Gasteiger charge is 2.44. The summed E-state index contributed by atoms with van der Waals surface area (Å²) in [7, 11) is 0. The average Bonchev–Trinajstić information content (AvgIpc) is 3.34. The highest BCUT2D eigenvalue weighted by atomic mass is 35.5. The summed E-state index contributed by atoms with van der Waals surface area (Å²) in [6.45, 7) is 3.83. The molecule has 1 unspecified atom stereocenters. The van der Waals surface area contributed by atoms with Gasteiger partial charge in [0.05, 0.1) is 23.4 Å². The van der Waals surface area contributed by atoms with Crippen LogP contribution in [0.15, 0.2) is 40.6 Å². The van der Waals surface area contributed by atoms with Gasteiger partial charge in [0, 0.05) is 18.2 Å². The number of benzene rings is 1. The largest absolute Gasteiger partial charge is 0.493 e. The average molecular weight is 454 g/mol. The molecule has 4 rings (SSSR count). The summed E-state index contributed by atoms with van der Waals surface area (Å²) < 4.78 is 36.0. The number of hydrogen-bond donors (Lipinski definition) is 1. The van der Waals surface area contributed by atoms with Crippen LogP contribution in [0.2, 0.25) is 5.02 Å². The van der Waals surface area contributed by atoms with Crippen LogP contribution in [0.3, 0.4) is 0 Å². The maximum Gasteiger partial charge on any atom is 0.268 e. The molecular formula is C22H22ClF2NO3S. The van der Waals surface area contributed by atoms with Crippen molar-refractivity contribution in [3.63, 3.8) is 0 Å². The molecule has 0 spiro atoms. The van der Waals surface area contributed by atoms with Gasteiger partial charge in [-0.15, -0.1) is 11.3 Å². The maximum atomic E-state index is 14.2. The zero-order chi connectivity index (χ0) is 21.7. The molecule has 0 amide bonds. The molecule has 0 bridgehead atoms. The van der Waals surface area contributed by atoms with Crippen LogP contribution < -0.4 is 10.2 Å². The van der Waals surface area contributed by atoms with E-state index < -0.39 is 24.0 Å². The highest BCUT2D eigenvalue weighted by Crippen LogP contribution is 2.43. The summed E-state index contributed by atoms with van der Waals surface area (Å²) in [6, 6.07) is 7.40. The number of nitrogens with zero attached hydrogens (tertiary/aromatic N) is 1. The van der Waals surface area contributed by atoms with E-state index >= 15 is 0 Å². The van der Waals surface area contributed by atoms with Crippen molar-refractivity contribution in [1.82, 2.24) is 4.57 Å². The Kier molecular flexibility index (Phi) is 5.41. The number of halogens is 3. The fourth-order valence-corrected chi connectivity index (χ4v) is 5.43. The first-order valence-electron chi connectivity index (χ1n) is 9.64. The van der Waals surface area contributed by atoms with E-state index in [1.54, 1.807) is 11.4 Å². The summed E-state index contributed by atoms with van der Waals surface area (Å²) in [5, 5.41) is 12.8. The molecule has 0 radical (unpaired) electrons. The van der Waals surface area contributed by atoms with E-state index in [1.807, 2.05) is 32.0 Å². The Balaban J connectivity index is 1.72. The summed E-state index contributed by atoms with van der Waals surface area (Å²) in [5.74, 6) is 0.728. The second-order valence-electron chi connectivity index (χ2n) is 8.43. The predicted molar refractivity (Wildman–Crippen MR) is 115 cm³/mol. The van der Waals surface area contributed by atoms with Crippen LogP contribution >= 0.6 is 22.9 Å². The van der Waals surface area contributed by atoms with E-state index in [9.17, 15) is 18.7 Å². The molecule has 3 heterocycles. The molecule has 1 aliphatic heterocycles. The van der Waals surface area contributed by atoms with Crippen LogP contribution in [0.1, 0.15) is 31.4 Å². The third-order valence-corrected chi connectivity index (χ3v) is 6.86. The number of rotatable bonds is 6. The monoisotopic (exact) mass is 453 g/mol. The first kappa shape index (κ1) is 21.3. The van der Waals surface area contributed by atoms with Crippen molar-refractivity contribution in [2.45, 2.75) is 50.7 Å². The first-order valence-corrected chi connectivity index (χ1v) is 10.9. The topological polar surface area (TPSA) is 51.5 Å². The van der Waals surface area contributed by atoms with Crippen LogP contribution in [-0.2, 0) is 18.4 Å². The van der Waals surface area contributed by atoms with Crippen LogP contribution in [0.5, 0.6) is 5.75 Å². The number of para-hydroxylation sites is 1. The van der Waals surface area contributed by atoms with E-state index in [0.29, 0.717) is 16.8 Å². The molecule has 0 aliphatic carbocycles. The van der Waals surface area contributed by atoms with Crippen molar-refractivity contribution < 1.29 is 18.6 Å². The molecule has 0 saturated heterocycles. The second kappa shape index (κ2) is 7.62. The minimum atomic E-state index is -3.00. The van der Waals surface area contributed by atoms with Gasteiger partial charge in [-0.05, 0) is 28.8 Å². The Morgan fingerprint density at radius 1 is 1.33 bits per heavy atom. The van der Waals surface area contributed by atoms with Gasteiger partial charge in [-0.25, -0.2) is 8.78 Å². The van der Waals surface area contributed by atoms with Gasteiger partial charge < -0.3 is 14.4 Å². The highest BCUT2D eigenvalue weighted by molar-refractivity contribution is 7.17. The standard InChI is InChI=1S/C22H22ClF2NO3S/c1-21(2,14-5-3-4-13-6-8-29-18(13)14)11-22(28,20(24)25)12-26-10-15(23)17(27)19-16(26)7-9-30-19/h3-5,7,9-10,20,28H,6,8,11-12H2,1-2H3. The molecule has 1 N–H and O–H groups in total. The van der Waals surface area contributed by atoms with Crippen molar-refractivity contribution in [1.29, 1.82) is 0 Å². The Bertz CT molecular complexity index is 1160. The molecular weight excluding hydrogens is 432 g/mol. The van der Waals surface area contributed by atoms with Gasteiger partial charge in [-0.2, -0.15) is 0 Å². The molecule has 4 nitrogen and oxygen atoms in total. The van der Waals surface area contributed by atoms with E-state index in [4.69, 9.17) is 16.3 Å². The SMILES string of the molecule is CC(C)(CC(O)(Cn1cc(Cl)c(=O)c2sccc21)C(F)F)c1cccc2c1OCC2. The lowest BCUT2D eigenvalue weighted by molar-refractivity contribution is -0.120. The number of alkyl halides is 2. The number of thiophene rings is 1. The third-order valence-electron chi connectivity index (χ3n) is 5.69. The molecule has 0 saturated carbocycles. The number of hydrogen-bond acceptors (Lipinski definition) is 4. The van der Waals surface area contributed by atoms with E-state index in [1.165, 1.54) is 22.1 Å². The van der Waals surface area contributed by atoms with Crippen LogP contribution in [0.4, 0.5) is 8.78 Å². The molecule has 1 aromatic carbocycles. The smallest absolute Gasteiger partial charge is 0.268 e. The molecule has 2 aromatic heterocycles. The van der Waals surface area contributed by atoms with Crippen molar-refractivity contribution in [3.8, 4) is 5.75 Å². The summed E-state index contributed by atoms with van der Waals surface area (Å²) in [5.41, 5.74) is -1.12. The van der Waals surface area contributed by atoms with Crippen LogP contribution in [0.25, 0.3) is 10.2 Å².